The number of rotatable bonds is 3. The molecule has 1 unspecified atom stereocenters. The molecule has 3 heterocycles. The average molecular weight is 237 g/mol. The Balaban J connectivity index is 1.69. The fourth-order valence-corrected chi connectivity index (χ4v) is 3.01. The number of likely N-dealkylation sites (tertiary alicyclic amines) is 1. The molecule has 3 rings (SSSR count). The van der Waals surface area contributed by atoms with E-state index in [1.54, 1.807) is 11.3 Å². The van der Waals surface area contributed by atoms with E-state index >= 15 is 0 Å². The van der Waals surface area contributed by atoms with E-state index in [0.717, 1.165) is 36.7 Å². The second-order valence-electron chi connectivity index (χ2n) is 4.40. The van der Waals surface area contributed by atoms with Crippen LogP contribution in [0.2, 0.25) is 0 Å². The van der Waals surface area contributed by atoms with Gasteiger partial charge in [-0.3, -0.25) is 9.30 Å². The van der Waals surface area contributed by atoms with Gasteiger partial charge in [-0.25, -0.2) is 4.98 Å². The van der Waals surface area contributed by atoms with Crippen molar-refractivity contribution in [2.24, 2.45) is 5.92 Å². The van der Waals surface area contributed by atoms with Gasteiger partial charge in [-0.05, 0) is 18.9 Å². The molecule has 4 nitrogen and oxygen atoms in total. The number of aromatic nitrogens is 2. The molecule has 1 atom stereocenters. The van der Waals surface area contributed by atoms with Crippen molar-refractivity contribution in [3.05, 3.63) is 23.5 Å². The van der Waals surface area contributed by atoms with Gasteiger partial charge in [0.05, 0.1) is 5.69 Å². The Bertz CT molecular complexity index is 450. The van der Waals surface area contributed by atoms with Crippen molar-refractivity contribution in [2.45, 2.75) is 13.0 Å². The molecule has 1 fully saturated rings. The van der Waals surface area contributed by atoms with E-state index in [0.29, 0.717) is 12.5 Å². The molecule has 1 saturated heterocycles. The van der Waals surface area contributed by atoms with Gasteiger partial charge in [-0.1, -0.05) is 0 Å². The summed E-state index contributed by atoms with van der Waals surface area (Å²) in [5.41, 5.74) is 1.13. The summed E-state index contributed by atoms with van der Waals surface area (Å²) >= 11 is 1.66. The summed E-state index contributed by atoms with van der Waals surface area (Å²) in [6.07, 6.45) is 5.24. The van der Waals surface area contributed by atoms with Crippen LogP contribution >= 0.6 is 11.3 Å². The van der Waals surface area contributed by atoms with Crippen LogP contribution in [0.4, 0.5) is 0 Å². The molecule has 1 N–H and O–H groups in total. The van der Waals surface area contributed by atoms with Crippen LogP contribution in [0.15, 0.2) is 17.8 Å². The van der Waals surface area contributed by atoms with Gasteiger partial charge in [0, 0.05) is 37.5 Å². The highest BCUT2D eigenvalue weighted by Gasteiger charge is 2.22. The van der Waals surface area contributed by atoms with E-state index in [1.165, 1.54) is 0 Å². The summed E-state index contributed by atoms with van der Waals surface area (Å²) in [6.45, 7) is 3.30. The largest absolute Gasteiger partial charge is 0.396 e. The zero-order valence-electron chi connectivity index (χ0n) is 9.04. The van der Waals surface area contributed by atoms with Crippen molar-refractivity contribution in [3.8, 4) is 0 Å². The van der Waals surface area contributed by atoms with Crippen LogP contribution in [0.5, 0.6) is 0 Å². The summed E-state index contributed by atoms with van der Waals surface area (Å²) < 4.78 is 2.07. The van der Waals surface area contributed by atoms with E-state index in [2.05, 4.69) is 20.5 Å². The standard InChI is InChI=1S/C11H15N3OS/c15-8-9-1-2-13(5-9)6-10-7-14-3-4-16-11(14)12-10/h3-4,7,9,15H,1-2,5-6,8H2. The lowest BCUT2D eigenvalue weighted by atomic mass is 10.1. The SMILES string of the molecule is OCC1CCN(Cc2cn3ccsc3n2)C1. The minimum absolute atomic E-state index is 0.314. The van der Waals surface area contributed by atoms with Crippen LogP contribution in [0.1, 0.15) is 12.1 Å². The molecule has 0 bridgehead atoms. The Hall–Kier alpha value is -0.910. The van der Waals surface area contributed by atoms with Crippen molar-refractivity contribution in [2.75, 3.05) is 19.7 Å². The molecule has 0 amide bonds. The van der Waals surface area contributed by atoms with Crippen molar-refractivity contribution < 1.29 is 5.11 Å². The summed E-state index contributed by atoms with van der Waals surface area (Å²) in [5.74, 6) is 0.462. The lowest BCUT2D eigenvalue weighted by Gasteiger charge is -2.13. The number of nitrogens with zero attached hydrogens (tertiary/aromatic N) is 3. The van der Waals surface area contributed by atoms with Gasteiger partial charge >= 0.3 is 0 Å². The predicted octanol–water partition coefficient (Wildman–Crippen LogP) is 1.21. The number of thiazole rings is 1. The lowest BCUT2D eigenvalue weighted by molar-refractivity contribution is 0.219. The van der Waals surface area contributed by atoms with Gasteiger partial charge in [-0.15, -0.1) is 11.3 Å². The Morgan fingerprint density at radius 1 is 1.56 bits per heavy atom. The average Bonchev–Trinajstić information content (AvgIpc) is 2.92. The molecule has 0 aromatic carbocycles. The first-order valence-corrected chi connectivity index (χ1v) is 6.47. The molecule has 0 spiro atoms. The maximum absolute atomic E-state index is 9.09. The highest BCUT2D eigenvalue weighted by molar-refractivity contribution is 7.15. The minimum Gasteiger partial charge on any atom is -0.396 e. The summed E-state index contributed by atoms with van der Waals surface area (Å²) in [7, 11) is 0. The van der Waals surface area contributed by atoms with Gasteiger partial charge in [0.2, 0.25) is 0 Å². The third-order valence-electron chi connectivity index (χ3n) is 3.16. The molecule has 2 aromatic heterocycles. The fourth-order valence-electron chi connectivity index (χ4n) is 2.29. The van der Waals surface area contributed by atoms with Gasteiger partial charge in [0.25, 0.3) is 0 Å². The summed E-state index contributed by atoms with van der Waals surface area (Å²) in [4.78, 5) is 8.00. The first-order chi connectivity index (χ1) is 7.85. The molecule has 0 saturated carbocycles. The Labute approximate surface area is 98.1 Å². The molecule has 1 aliphatic heterocycles. The van der Waals surface area contributed by atoms with Crippen molar-refractivity contribution in [3.63, 3.8) is 0 Å². The third-order valence-corrected chi connectivity index (χ3v) is 3.93. The van der Waals surface area contributed by atoms with E-state index in [9.17, 15) is 0 Å². The molecule has 86 valence electrons. The van der Waals surface area contributed by atoms with Gasteiger partial charge < -0.3 is 5.11 Å². The quantitative estimate of drug-likeness (QED) is 0.872. The van der Waals surface area contributed by atoms with E-state index in [4.69, 9.17) is 5.11 Å². The van der Waals surface area contributed by atoms with Crippen molar-refractivity contribution in [1.82, 2.24) is 14.3 Å². The predicted molar refractivity (Wildman–Crippen MR) is 63.5 cm³/mol. The molecule has 1 aliphatic rings. The fraction of sp³-hybridized carbons (Fsp3) is 0.545. The molecular weight excluding hydrogens is 222 g/mol. The highest BCUT2D eigenvalue weighted by Crippen LogP contribution is 2.19. The summed E-state index contributed by atoms with van der Waals surface area (Å²) in [6, 6.07) is 0. The van der Waals surface area contributed by atoms with Crippen LogP contribution in [-0.4, -0.2) is 39.1 Å². The normalized spacial score (nSPS) is 22.2. The number of imidazole rings is 1. The minimum atomic E-state index is 0.314. The van der Waals surface area contributed by atoms with Crippen LogP contribution in [0.3, 0.4) is 0 Å². The Morgan fingerprint density at radius 3 is 3.25 bits per heavy atom. The zero-order valence-corrected chi connectivity index (χ0v) is 9.86. The number of aliphatic hydroxyl groups is 1. The Kier molecular flexibility index (Phi) is 2.67. The van der Waals surface area contributed by atoms with Crippen LogP contribution in [-0.2, 0) is 6.54 Å². The van der Waals surface area contributed by atoms with Crippen molar-refractivity contribution in [1.29, 1.82) is 0 Å². The number of hydrogen-bond donors (Lipinski definition) is 1. The van der Waals surface area contributed by atoms with E-state index < -0.39 is 0 Å². The summed E-state index contributed by atoms with van der Waals surface area (Å²) in [5, 5.41) is 11.1. The second kappa shape index (κ2) is 4.16. The van der Waals surface area contributed by atoms with Crippen LogP contribution in [0.25, 0.3) is 4.96 Å². The smallest absolute Gasteiger partial charge is 0.193 e. The number of hydrogen-bond acceptors (Lipinski definition) is 4. The van der Waals surface area contributed by atoms with Gasteiger partial charge in [-0.2, -0.15) is 0 Å². The molecule has 2 aromatic rings. The molecule has 16 heavy (non-hydrogen) atoms. The molecular formula is C11H15N3OS. The first kappa shape index (κ1) is 10.3. The van der Waals surface area contributed by atoms with Crippen LogP contribution in [0, 0.1) is 5.92 Å². The maximum atomic E-state index is 9.09. The van der Waals surface area contributed by atoms with Crippen molar-refractivity contribution >= 4 is 16.3 Å². The highest BCUT2D eigenvalue weighted by atomic mass is 32.1. The van der Waals surface area contributed by atoms with Crippen LogP contribution < -0.4 is 0 Å². The topological polar surface area (TPSA) is 40.8 Å². The molecule has 0 radical (unpaired) electrons. The monoisotopic (exact) mass is 237 g/mol. The van der Waals surface area contributed by atoms with E-state index in [1.807, 2.05) is 11.6 Å². The first-order valence-electron chi connectivity index (χ1n) is 5.59. The second-order valence-corrected chi connectivity index (χ2v) is 5.27. The molecule has 0 aliphatic carbocycles. The molecule has 5 heteroatoms. The Morgan fingerprint density at radius 2 is 2.50 bits per heavy atom. The van der Waals surface area contributed by atoms with E-state index in [-0.39, 0.29) is 0 Å². The van der Waals surface area contributed by atoms with Gasteiger partial charge in [0.1, 0.15) is 0 Å². The zero-order chi connectivity index (χ0) is 11.0. The number of aliphatic hydroxyl groups excluding tert-OH is 1. The maximum Gasteiger partial charge on any atom is 0.193 e. The third kappa shape index (κ3) is 1.86. The number of fused-ring (bicyclic) bond motifs is 1. The van der Waals surface area contributed by atoms with Gasteiger partial charge in [0.15, 0.2) is 4.96 Å². The lowest BCUT2D eigenvalue weighted by Crippen LogP contribution is -2.21.